The Balaban J connectivity index is 2.26. The van der Waals surface area contributed by atoms with Crippen LogP contribution in [-0.4, -0.2) is 24.6 Å². The van der Waals surface area contributed by atoms with Crippen molar-refractivity contribution in [1.82, 2.24) is 10.3 Å². The molecule has 1 aromatic carbocycles. The van der Waals surface area contributed by atoms with Crippen molar-refractivity contribution in [2.24, 2.45) is 0 Å². The summed E-state index contributed by atoms with van der Waals surface area (Å²) in [5.41, 5.74) is 2.08. The molecule has 0 saturated carbocycles. The summed E-state index contributed by atoms with van der Waals surface area (Å²) < 4.78 is 24.8. The number of carbonyl (C=O) groups excluding carboxylic acids is 1. The lowest BCUT2D eigenvalue weighted by Crippen LogP contribution is -2.26. The van der Waals surface area contributed by atoms with Gasteiger partial charge < -0.3 is 5.32 Å². The normalized spacial score (nSPS) is 11.5. The van der Waals surface area contributed by atoms with E-state index < -0.39 is 21.0 Å². The van der Waals surface area contributed by atoms with Crippen molar-refractivity contribution in [2.45, 2.75) is 37.5 Å². The highest BCUT2D eigenvalue weighted by Crippen LogP contribution is 2.20. The zero-order valence-corrected chi connectivity index (χ0v) is 14.2. The number of nitrogens with one attached hydrogen (secondary N) is 1. The van der Waals surface area contributed by atoms with Gasteiger partial charge in [-0.05, 0) is 50.1 Å². The molecule has 0 bridgehead atoms. The number of carbonyl (C=O) groups is 1. The van der Waals surface area contributed by atoms with Crippen LogP contribution < -0.4 is 5.32 Å². The number of hydrogen-bond acceptors (Lipinski definition) is 4. The van der Waals surface area contributed by atoms with Crippen LogP contribution in [0, 0.1) is 6.92 Å². The third-order valence-electron chi connectivity index (χ3n) is 3.63. The van der Waals surface area contributed by atoms with E-state index >= 15 is 0 Å². The average Bonchev–Trinajstić information content (AvgIpc) is 2.53. The highest BCUT2D eigenvalue weighted by Gasteiger charge is 2.25. The lowest BCUT2D eigenvalue weighted by atomic mass is 10.1. The molecular formula is C17H20N2O3S. The fraction of sp³-hybridized carbons (Fsp3) is 0.294. The van der Waals surface area contributed by atoms with E-state index in [1.54, 1.807) is 38.4 Å². The highest BCUT2D eigenvalue weighted by atomic mass is 32.2. The SMILES string of the molecule is Cc1cnccc1CNC(=O)c1ccccc1S(=O)(=O)C(C)C. The van der Waals surface area contributed by atoms with Gasteiger partial charge in [-0.15, -0.1) is 0 Å². The van der Waals surface area contributed by atoms with Gasteiger partial charge in [0, 0.05) is 18.9 Å². The summed E-state index contributed by atoms with van der Waals surface area (Å²) in [5.74, 6) is -0.402. The predicted molar refractivity (Wildman–Crippen MR) is 88.9 cm³/mol. The van der Waals surface area contributed by atoms with Gasteiger partial charge in [0.25, 0.3) is 5.91 Å². The second-order valence-electron chi connectivity index (χ2n) is 5.57. The predicted octanol–water partition coefficient (Wildman–Crippen LogP) is 2.50. The molecule has 1 aromatic heterocycles. The third kappa shape index (κ3) is 3.76. The van der Waals surface area contributed by atoms with Crippen LogP contribution in [0.4, 0.5) is 0 Å². The van der Waals surface area contributed by atoms with Gasteiger partial charge >= 0.3 is 0 Å². The zero-order valence-electron chi connectivity index (χ0n) is 13.4. The Morgan fingerprint density at radius 3 is 2.57 bits per heavy atom. The molecule has 1 heterocycles. The van der Waals surface area contributed by atoms with Crippen molar-refractivity contribution in [3.8, 4) is 0 Å². The highest BCUT2D eigenvalue weighted by molar-refractivity contribution is 7.92. The second-order valence-corrected chi connectivity index (χ2v) is 8.05. The minimum atomic E-state index is -3.51. The number of nitrogens with zero attached hydrogens (tertiary/aromatic N) is 1. The maximum Gasteiger partial charge on any atom is 0.252 e. The van der Waals surface area contributed by atoms with E-state index in [1.807, 2.05) is 13.0 Å². The van der Waals surface area contributed by atoms with Gasteiger partial charge in [-0.3, -0.25) is 9.78 Å². The van der Waals surface area contributed by atoms with Crippen molar-refractivity contribution in [1.29, 1.82) is 0 Å². The van der Waals surface area contributed by atoms with Gasteiger partial charge in [0.2, 0.25) is 0 Å². The van der Waals surface area contributed by atoms with Crippen LogP contribution in [0.25, 0.3) is 0 Å². The molecule has 0 unspecified atom stereocenters. The summed E-state index contributed by atoms with van der Waals surface area (Å²) in [4.78, 5) is 16.5. The largest absolute Gasteiger partial charge is 0.348 e. The van der Waals surface area contributed by atoms with E-state index in [0.717, 1.165) is 11.1 Å². The molecule has 1 amide bonds. The lowest BCUT2D eigenvalue weighted by Gasteiger charge is -2.13. The van der Waals surface area contributed by atoms with Crippen molar-refractivity contribution in [3.05, 3.63) is 59.4 Å². The first-order valence-electron chi connectivity index (χ1n) is 7.34. The molecule has 0 aliphatic carbocycles. The summed E-state index contributed by atoms with van der Waals surface area (Å²) in [5, 5.41) is 2.19. The topological polar surface area (TPSA) is 76.1 Å². The first-order chi connectivity index (χ1) is 10.8. The van der Waals surface area contributed by atoms with Gasteiger partial charge in [0.1, 0.15) is 0 Å². The molecule has 0 aliphatic rings. The molecule has 0 aliphatic heterocycles. The molecule has 2 rings (SSSR count). The number of rotatable bonds is 5. The summed E-state index contributed by atoms with van der Waals surface area (Å²) >= 11 is 0. The maximum atomic E-state index is 12.4. The molecule has 1 N–H and O–H groups in total. The van der Waals surface area contributed by atoms with Gasteiger partial charge in [-0.25, -0.2) is 8.42 Å². The van der Waals surface area contributed by atoms with Gasteiger partial charge in [0.05, 0.1) is 15.7 Å². The van der Waals surface area contributed by atoms with Crippen LogP contribution in [0.15, 0.2) is 47.6 Å². The van der Waals surface area contributed by atoms with Crippen LogP contribution in [0.5, 0.6) is 0 Å². The van der Waals surface area contributed by atoms with E-state index in [2.05, 4.69) is 10.3 Å². The molecule has 0 radical (unpaired) electrons. The first-order valence-corrected chi connectivity index (χ1v) is 8.89. The summed E-state index contributed by atoms with van der Waals surface area (Å²) in [6.45, 7) is 5.43. The van der Waals surface area contributed by atoms with Crippen molar-refractivity contribution in [2.75, 3.05) is 0 Å². The Bertz CT molecular complexity index is 814. The molecule has 0 saturated heterocycles. The first kappa shape index (κ1) is 17.1. The molecule has 0 fully saturated rings. The number of aromatic nitrogens is 1. The van der Waals surface area contributed by atoms with Crippen molar-refractivity contribution >= 4 is 15.7 Å². The summed E-state index contributed by atoms with van der Waals surface area (Å²) in [6, 6.07) is 8.11. The fourth-order valence-electron chi connectivity index (χ4n) is 2.13. The van der Waals surface area contributed by atoms with E-state index in [4.69, 9.17) is 0 Å². The number of pyridine rings is 1. The maximum absolute atomic E-state index is 12.4. The Hall–Kier alpha value is -2.21. The van der Waals surface area contributed by atoms with Crippen LogP contribution in [0.2, 0.25) is 0 Å². The molecule has 0 spiro atoms. The summed E-state index contributed by atoms with van der Waals surface area (Å²) in [6.07, 6.45) is 3.38. The zero-order chi connectivity index (χ0) is 17.0. The number of benzene rings is 1. The molecule has 5 nitrogen and oxygen atoms in total. The number of amides is 1. The third-order valence-corrected chi connectivity index (χ3v) is 5.84. The smallest absolute Gasteiger partial charge is 0.252 e. The van der Waals surface area contributed by atoms with Gasteiger partial charge in [0.15, 0.2) is 9.84 Å². The number of aryl methyl sites for hydroxylation is 1. The molecule has 0 atom stereocenters. The monoisotopic (exact) mass is 332 g/mol. The van der Waals surface area contributed by atoms with E-state index in [1.165, 1.54) is 12.1 Å². The van der Waals surface area contributed by atoms with Crippen molar-refractivity contribution in [3.63, 3.8) is 0 Å². The lowest BCUT2D eigenvalue weighted by molar-refractivity contribution is 0.0947. The molecule has 122 valence electrons. The Morgan fingerprint density at radius 1 is 1.22 bits per heavy atom. The van der Waals surface area contributed by atoms with Crippen LogP contribution in [0.1, 0.15) is 35.3 Å². The number of hydrogen-bond donors (Lipinski definition) is 1. The van der Waals surface area contributed by atoms with Crippen LogP contribution >= 0.6 is 0 Å². The fourth-order valence-corrected chi connectivity index (χ4v) is 3.37. The Morgan fingerprint density at radius 2 is 1.91 bits per heavy atom. The van der Waals surface area contributed by atoms with Gasteiger partial charge in [-0.1, -0.05) is 12.1 Å². The Kier molecular flexibility index (Phi) is 5.15. The Labute approximate surface area is 136 Å². The molecule has 6 heteroatoms. The van der Waals surface area contributed by atoms with Crippen LogP contribution in [-0.2, 0) is 16.4 Å². The molecule has 23 heavy (non-hydrogen) atoms. The van der Waals surface area contributed by atoms with Crippen molar-refractivity contribution < 1.29 is 13.2 Å². The molecular weight excluding hydrogens is 312 g/mol. The van der Waals surface area contributed by atoms with Gasteiger partial charge in [-0.2, -0.15) is 0 Å². The molecule has 2 aromatic rings. The minimum absolute atomic E-state index is 0.0685. The quantitative estimate of drug-likeness (QED) is 0.913. The van der Waals surface area contributed by atoms with E-state index in [9.17, 15) is 13.2 Å². The number of sulfone groups is 1. The van der Waals surface area contributed by atoms with E-state index in [0.29, 0.717) is 6.54 Å². The average molecular weight is 332 g/mol. The standard InChI is InChI=1S/C17H20N2O3S/c1-12(2)23(21,22)16-7-5-4-6-15(16)17(20)19-11-14-8-9-18-10-13(14)3/h4-10,12H,11H2,1-3H3,(H,19,20). The summed E-state index contributed by atoms with van der Waals surface area (Å²) in [7, 11) is -3.51. The minimum Gasteiger partial charge on any atom is -0.348 e. The van der Waals surface area contributed by atoms with E-state index in [-0.39, 0.29) is 10.5 Å². The second kappa shape index (κ2) is 6.91. The van der Waals surface area contributed by atoms with Crippen LogP contribution in [0.3, 0.4) is 0 Å².